The second-order valence-electron chi connectivity index (χ2n) is 6.95. The molecule has 1 fully saturated rings. The Labute approximate surface area is 159 Å². The maximum Gasteiger partial charge on any atom is 0.320 e. The number of para-hydroxylation sites is 1. The summed E-state index contributed by atoms with van der Waals surface area (Å²) in [5, 5.41) is 12.1. The summed E-state index contributed by atoms with van der Waals surface area (Å²) >= 11 is 0. The van der Waals surface area contributed by atoms with Crippen LogP contribution in [0.25, 0.3) is 10.8 Å². The van der Waals surface area contributed by atoms with E-state index in [1.165, 1.54) is 0 Å². The fourth-order valence-corrected chi connectivity index (χ4v) is 4.27. The molecule has 3 aromatic carbocycles. The first kappa shape index (κ1) is 17.6. The molecular formula is C23H23NO3. The van der Waals surface area contributed by atoms with Crippen molar-refractivity contribution >= 4 is 16.7 Å². The molecule has 1 aliphatic heterocycles. The third-order valence-corrected chi connectivity index (χ3v) is 5.46. The Morgan fingerprint density at radius 1 is 1.04 bits per heavy atom. The maximum absolute atomic E-state index is 11.9. The van der Waals surface area contributed by atoms with Gasteiger partial charge in [0.05, 0.1) is 13.2 Å². The highest BCUT2D eigenvalue weighted by Crippen LogP contribution is 2.41. The van der Waals surface area contributed by atoms with Crippen LogP contribution in [-0.2, 0) is 4.79 Å². The van der Waals surface area contributed by atoms with Gasteiger partial charge in [-0.2, -0.15) is 0 Å². The van der Waals surface area contributed by atoms with Gasteiger partial charge in [0.15, 0.2) is 0 Å². The van der Waals surface area contributed by atoms with Gasteiger partial charge in [0.1, 0.15) is 11.8 Å². The lowest BCUT2D eigenvalue weighted by Gasteiger charge is -2.33. The zero-order valence-electron chi connectivity index (χ0n) is 15.3. The lowest BCUT2D eigenvalue weighted by molar-refractivity contribution is -0.142. The summed E-state index contributed by atoms with van der Waals surface area (Å²) in [5.74, 6) is 0.0270. The van der Waals surface area contributed by atoms with Crippen LogP contribution in [0.1, 0.15) is 30.0 Å². The molecule has 0 aliphatic carbocycles. The first-order chi connectivity index (χ1) is 13.2. The molecule has 1 aliphatic rings. The van der Waals surface area contributed by atoms with Crippen LogP contribution in [0.15, 0.2) is 66.7 Å². The molecule has 4 heteroatoms. The summed E-state index contributed by atoms with van der Waals surface area (Å²) in [6.07, 6.45) is 1.55. The number of carboxylic acids is 1. The van der Waals surface area contributed by atoms with Crippen molar-refractivity contribution in [2.75, 3.05) is 13.7 Å². The van der Waals surface area contributed by atoms with Gasteiger partial charge in [-0.15, -0.1) is 0 Å². The molecule has 1 heterocycles. The van der Waals surface area contributed by atoms with E-state index in [2.05, 4.69) is 29.2 Å². The Morgan fingerprint density at radius 2 is 1.74 bits per heavy atom. The van der Waals surface area contributed by atoms with E-state index in [0.29, 0.717) is 6.42 Å². The van der Waals surface area contributed by atoms with Crippen LogP contribution in [0, 0.1) is 0 Å². The minimum Gasteiger partial charge on any atom is -0.496 e. The number of fused-ring (bicyclic) bond motifs is 1. The lowest BCUT2D eigenvalue weighted by Crippen LogP contribution is -2.39. The predicted octanol–water partition coefficient (Wildman–Crippen LogP) is 4.49. The highest BCUT2D eigenvalue weighted by atomic mass is 16.5. The number of hydrogen-bond donors (Lipinski definition) is 1. The van der Waals surface area contributed by atoms with Crippen molar-refractivity contribution in [2.45, 2.75) is 24.9 Å². The van der Waals surface area contributed by atoms with Gasteiger partial charge < -0.3 is 9.84 Å². The Hall–Kier alpha value is -2.85. The number of likely N-dealkylation sites (tertiary alicyclic amines) is 1. The topological polar surface area (TPSA) is 49.8 Å². The largest absolute Gasteiger partial charge is 0.496 e. The minimum atomic E-state index is -0.757. The molecule has 0 aromatic heterocycles. The van der Waals surface area contributed by atoms with Crippen LogP contribution in [0.4, 0.5) is 0 Å². The van der Waals surface area contributed by atoms with Crippen molar-refractivity contribution in [2.24, 2.45) is 0 Å². The third kappa shape index (κ3) is 3.17. The van der Waals surface area contributed by atoms with Gasteiger partial charge in [-0.25, -0.2) is 0 Å². The van der Waals surface area contributed by atoms with E-state index < -0.39 is 12.0 Å². The van der Waals surface area contributed by atoms with Gasteiger partial charge >= 0.3 is 5.97 Å². The van der Waals surface area contributed by atoms with Gasteiger partial charge in [-0.05, 0) is 35.2 Å². The molecule has 138 valence electrons. The highest BCUT2D eigenvalue weighted by molar-refractivity contribution is 5.86. The van der Waals surface area contributed by atoms with Gasteiger partial charge in [-0.1, -0.05) is 60.7 Å². The minimum absolute atomic E-state index is 0.171. The normalized spacial score (nSPS) is 18.5. The van der Waals surface area contributed by atoms with Crippen molar-refractivity contribution in [1.82, 2.24) is 4.90 Å². The van der Waals surface area contributed by atoms with Crippen molar-refractivity contribution < 1.29 is 14.6 Å². The molecule has 2 unspecified atom stereocenters. The summed E-state index contributed by atoms with van der Waals surface area (Å²) in [6.45, 7) is 0.753. The van der Waals surface area contributed by atoms with Crippen molar-refractivity contribution in [3.05, 3.63) is 77.9 Å². The van der Waals surface area contributed by atoms with Gasteiger partial charge in [0.25, 0.3) is 0 Å². The molecular weight excluding hydrogens is 338 g/mol. The van der Waals surface area contributed by atoms with Gasteiger partial charge in [0.2, 0.25) is 0 Å². The molecule has 0 saturated carbocycles. The van der Waals surface area contributed by atoms with Crippen LogP contribution in [0.3, 0.4) is 0 Å². The van der Waals surface area contributed by atoms with E-state index >= 15 is 0 Å². The molecule has 1 saturated heterocycles. The van der Waals surface area contributed by atoms with Crippen molar-refractivity contribution in [1.29, 1.82) is 0 Å². The van der Waals surface area contributed by atoms with E-state index in [1.807, 2.05) is 42.5 Å². The zero-order valence-corrected chi connectivity index (χ0v) is 15.3. The molecule has 0 radical (unpaired) electrons. The SMILES string of the molecule is COc1ccccc1C(c1cccc2ccccc12)N1CCCC1C(=O)O. The van der Waals surface area contributed by atoms with E-state index in [-0.39, 0.29) is 6.04 Å². The summed E-state index contributed by atoms with van der Waals surface area (Å²) in [6, 6.07) is 21.8. The molecule has 3 aromatic rings. The van der Waals surface area contributed by atoms with E-state index in [0.717, 1.165) is 40.6 Å². The van der Waals surface area contributed by atoms with Crippen LogP contribution >= 0.6 is 0 Å². The summed E-state index contributed by atoms with van der Waals surface area (Å²) in [5.41, 5.74) is 2.12. The lowest BCUT2D eigenvalue weighted by atomic mass is 9.91. The number of carbonyl (C=O) groups is 1. The Bertz CT molecular complexity index is 963. The fraction of sp³-hybridized carbons (Fsp3) is 0.261. The molecule has 27 heavy (non-hydrogen) atoms. The number of methoxy groups -OCH3 is 1. The number of rotatable bonds is 5. The maximum atomic E-state index is 11.9. The number of nitrogens with zero attached hydrogens (tertiary/aromatic N) is 1. The van der Waals surface area contributed by atoms with Gasteiger partial charge in [-0.3, -0.25) is 9.69 Å². The van der Waals surface area contributed by atoms with Crippen LogP contribution in [-0.4, -0.2) is 35.7 Å². The van der Waals surface area contributed by atoms with Crippen molar-refractivity contribution in [3.8, 4) is 5.75 Å². The number of benzene rings is 3. The Kier molecular flexibility index (Phi) is 4.82. The first-order valence-electron chi connectivity index (χ1n) is 9.30. The average molecular weight is 361 g/mol. The zero-order chi connectivity index (χ0) is 18.8. The van der Waals surface area contributed by atoms with E-state index in [4.69, 9.17) is 4.74 Å². The first-order valence-corrected chi connectivity index (χ1v) is 9.30. The van der Waals surface area contributed by atoms with E-state index in [9.17, 15) is 9.90 Å². The molecule has 0 amide bonds. The molecule has 4 rings (SSSR count). The van der Waals surface area contributed by atoms with Crippen LogP contribution in [0.2, 0.25) is 0 Å². The fourth-order valence-electron chi connectivity index (χ4n) is 4.27. The van der Waals surface area contributed by atoms with E-state index in [1.54, 1.807) is 7.11 Å². The smallest absolute Gasteiger partial charge is 0.320 e. The summed E-state index contributed by atoms with van der Waals surface area (Å²) in [4.78, 5) is 14.0. The standard InChI is InChI=1S/C23H23NO3/c1-27-21-14-5-4-11-19(21)22(24-15-7-13-20(24)23(25)26)18-12-6-9-16-8-2-3-10-17(16)18/h2-6,8-12,14,20,22H,7,13,15H2,1H3,(H,25,26). The number of carboxylic acid groups (broad SMARTS) is 1. The Balaban J connectivity index is 1.95. The highest BCUT2D eigenvalue weighted by Gasteiger charge is 2.38. The second-order valence-corrected chi connectivity index (χ2v) is 6.95. The number of hydrogen-bond acceptors (Lipinski definition) is 3. The van der Waals surface area contributed by atoms with Crippen molar-refractivity contribution in [3.63, 3.8) is 0 Å². The third-order valence-electron chi connectivity index (χ3n) is 5.46. The average Bonchev–Trinajstić information content (AvgIpc) is 3.18. The van der Waals surface area contributed by atoms with Gasteiger partial charge in [0, 0.05) is 12.1 Å². The molecule has 2 atom stereocenters. The molecule has 4 nitrogen and oxygen atoms in total. The summed E-state index contributed by atoms with van der Waals surface area (Å²) in [7, 11) is 1.66. The monoisotopic (exact) mass is 361 g/mol. The molecule has 1 N–H and O–H groups in total. The Morgan fingerprint density at radius 3 is 2.56 bits per heavy atom. The molecule has 0 spiro atoms. The van der Waals surface area contributed by atoms with Crippen LogP contribution in [0.5, 0.6) is 5.75 Å². The predicted molar refractivity (Wildman–Crippen MR) is 106 cm³/mol. The number of ether oxygens (including phenoxy) is 1. The summed E-state index contributed by atoms with van der Waals surface area (Å²) < 4.78 is 5.64. The molecule has 0 bridgehead atoms. The quantitative estimate of drug-likeness (QED) is 0.728. The number of aliphatic carboxylic acids is 1. The second kappa shape index (κ2) is 7.41. The van der Waals surface area contributed by atoms with Crippen LogP contribution < -0.4 is 4.74 Å².